The van der Waals surface area contributed by atoms with Gasteiger partial charge in [0.25, 0.3) is 0 Å². The second kappa shape index (κ2) is 4.63. The third kappa shape index (κ3) is 2.09. The third-order valence-electron chi connectivity index (χ3n) is 2.83. The summed E-state index contributed by atoms with van der Waals surface area (Å²) in [4.78, 5) is 1.23. The van der Waals surface area contributed by atoms with Crippen LogP contribution in [-0.2, 0) is 0 Å². The van der Waals surface area contributed by atoms with Gasteiger partial charge in [0.05, 0.1) is 7.11 Å². The summed E-state index contributed by atoms with van der Waals surface area (Å²) < 4.78 is 6.50. The highest BCUT2D eigenvalue weighted by Gasteiger charge is 2.05. The van der Waals surface area contributed by atoms with Gasteiger partial charge < -0.3 is 4.74 Å². The Morgan fingerprint density at radius 3 is 2.78 bits per heavy atom. The number of fused-ring (bicyclic) bond motifs is 1. The first kappa shape index (κ1) is 11.6. The molecule has 0 atom stereocenters. The Morgan fingerprint density at radius 2 is 1.94 bits per heavy atom. The Balaban J connectivity index is 2.13. The molecular formula is C15H11ClOS. The molecule has 1 aromatic heterocycles. The monoisotopic (exact) mass is 274 g/mol. The Morgan fingerprint density at radius 1 is 1.06 bits per heavy atom. The molecule has 1 nitrogen and oxygen atoms in total. The van der Waals surface area contributed by atoms with Crippen molar-refractivity contribution in [3.8, 4) is 16.2 Å². The second-order valence-electron chi connectivity index (χ2n) is 4.02. The molecule has 90 valence electrons. The Kier molecular flexibility index (Phi) is 2.98. The average molecular weight is 275 g/mol. The molecular weight excluding hydrogens is 264 g/mol. The van der Waals surface area contributed by atoms with Crippen molar-refractivity contribution in [1.29, 1.82) is 0 Å². The lowest BCUT2D eigenvalue weighted by molar-refractivity contribution is 0.415. The fraction of sp³-hybridized carbons (Fsp3) is 0.0667. The molecule has 0 fully saturated rings. The van der Waals surface area contributed by atoms with Crippen molar-refractivity contribution in [2.24, 2.45) is 0 Å². The van der Waals surface area contributed by atoms with E-state index in [2.05, 4.69) is 18.2 Å². The zero-order valence-electron chi connectivity index (χ0n) is 9.81. The predicted octanol–water partition coefficient (Wildman–Crippen LogP) is 5.23. The van der Waals surface area contributed by atoms with Crippen LogP contribution in [-0.4, -0.2) is 7.11 Å². The van der Waals surface area contributed by atoms with Gasteiger partial charge in [-0.3, -0.25) is 0 Å². The van der Waals surface area contributed by atoms with E-state index in [0.29, 0.717) is 0 Å². The zero-order chi connectivity index (χ0) is 12.5. The summed E-state index contributed by atoms with van der Waals surface area (Å²) in [6, 6.07) is 16.2. The topological polar surface area (TPSA) is 9.23 Å². The molecule has 0 bridgehead atoms. The molecule has 0 N–H and O–H groups in total. The maximum absolute atomic E-state index is 6.01. The van der Waals surface area contributed by atoms with Crippen molar-refractivity contribution < 1.29 is 4.74 Å². The molecule has 0 saturated heterocycles. The summed E-state index contributed by atoms with van der Waals surface area (Å²) in [5.41, 5.74) is 1.17. The van der Waals surface area contributed by atoms with Crippen LogP contribution in [0, 0.1) is 0 Å². The molecule has 3 rings (SSSR count). The SMILES string of the molecule is COc1cccc(-c2cc3cc(Cl)ccc3s2)c1. The summed E-state index contributed by atoms with van der Waals surface area (Å²) in [7, 11) is 1.68. The molecule has 3 heteroatoms. The van der Waals surface area contributed by atoms with Crippen LogP contribution in [0.3, 0.4) is 0 Å². The van der Waals surface area contributed by atoms with E-state index in [0.717, 1.165) is 10.8 Å². The van der Waals surface area contributed by atoms with E-state index >= 15 is 0 Å². The predicted molar refractivity (Wildman–Crippen MR) is 78.8 cm³/mol. The third-order valence-corrected chi connectivity index (χ3v) is 4.23. The minimum Gasteiger partial charge on any atom is -0.497 e. The minimum atomic E-state index is 0.775. The van der Waals surface area contributed by atoms with Crippen LogP contribution in [0.2, 0.25) is 5.02 Å². The summed E-state index contributed by atoms with van der Waals surface area (Å²) in [5, 5.41) is 1.96. The molecule has 3 aromatic rings. The lowest BCUT2D eigenvalue weighted by Crippen LogP contribution is -1.81. The van der Waals surface area contributed by atoms with E-state index in [1.807, 2.05) is 30.3 Å². The maximum atomic E-state index is 6.01. The van der Waals surface area contributed by atoms with E-state index in [4.69, 9.17) is 16.3 Å². The molecule has 0 unspecified atom stereocenters. The number of halogens is 1. The van der Waals surface area contributed by atoms with Crippen molar-refractivity contribution >= 4 is 33.0 Å². The van der Waals surface area contributed by atoms with Crippen LogP contribution < -0.4 is 4.74 Å². The molecule has 0 amide bonds. The fourth-order valence-corrected chi connectivity index (χ4v) is 3.15. The van der Waals surface area contributed by atoms with Gasteiger partial charge in [0.2, 0.25) is 0 Å². The molecule has 0 aliphatic carbocycles. The first-order chi connectivity index (χ1) is 8.76. The fourth-order valence-electron chi connectivity index (χ4n) is 1.93. The van der Waals surface area contributed by atoms with Crippen molar-refractivity contribution in [1.82, 2.24) is 0 Å². The number of methoxy groups -OCH3 is 1. The standard InChI is InChI=1S/C15H11ClOS/c1-17-13-4-2-3-10(8-13)15-9-11-7-12(16)5-6-14(11)18-15/h2-9H,1H3. The normalized spacial score (nSPS) is 10.8. The van der Waals surface area contributed by atoms with Crippen LogP contribution in [0.4, 0.5) is 0 Å². The van der Waals surface area contributed by atoms with Crippen LogP contribution in [0.1, 0.15) is 0 Å². The molecule has 0 aliphatic heterocycles. The van der Waals surface area contributed by atoms with Gasteiger partial charge in [-0.15, -0.1) is 11.3 Å². The van der Waals surface area contributed by atoms with Gasteiger partial charge in [0.15, 0.2) is 0 Å². The van der Waals surface area contributed by atoms with Gasteiger partial charge in [0, 0.05) is 14.6 Å². The summed E-state index contributed by atoms with van der Waals surface area (Å²) in [5.74, 6) is 0.878. The summed E-state index contributed by atoms with van der Waals surface area (Å²) >= 11 is 7.77. The van der Waals surface area contributed by atoms with Crippen LogP contribution in [0.5, 0.6) is 5.75 Å². The highest BCUT2D eigenvalue weighted by atomic mass is 35.5. The summed E-state index contributed by atoms with van der Waals surface area (Å²) in [6.45, 7) is 0. The van der Waals surface area contributed by atoms with Crippen molar-refractivity contribution in [2.45, 2.75) is 0 Å². The summed E-state index contributed by atoms with van der Waals surface area (Å²) in [6.07, 6.45) is 0. The van der Waals surface area contributed by atoms with Crippen molar-refractivity contribution in [3.05, 3.63) is 53.6 Å². The minimum absolute atomic E-state index is 0.775. The number of thiophene rings is 1. The van der Waals surface area contributed by atoms with Crippen LogP contribution >= 0.6 is 22.9 Å². The largest absolute Gasteiger partial charge is 0.497 e. The molecule has 2 aromatic carbocycles. The second-order valence-corrected chi connectivity index (χ2v) is 5.54. The number of hydrogen-bond donors (Lipinski definition) is 0. The Hall–Kier alpha value is -1.51. The quantitative estimate of drug-likeness (QED) is 0.622. The average Bonchev–Trinajstić information content (AvgIpc) is 2.81. The molecule has 18 heavy (non-hydrogen) atoms. The van der Waals surface area contributed by atoms with Gasteiger partial charge in [-0.1, -0.05) is 23.7 Å². The molecule has 1 heterocycles. The van der Waals surface area contributed by atoms with Gasteiger partial charge in [0.1, 0.15) is 5.75 Å². The Labute approximate surface area is 115 Å². The smallest absolute Gasteiger partial charge is 0.119 e. The van der Waals surface area contributed by atoms with E-state index in [-0.39, 0.29) is 0 Å². The maximum Gasteiger partial charge on any atom is 0.119 e. The molecule has 0 saturated carbocycles. The number of benzene rings is 2. The number of ether oxygens (including phenoxy) is 1. The van der Waals surface area contributed by atoms with E-state index in [1.54, 1.807) is 18.4 Å². The lowest BCUT2D eigenvalue weighted by atomic mass is 10.1. The number of rotatable bonds is 2. The molecule has 0 spiro atoms. The van der Waals surface area contributed by atoms with Gasteiger partial charge in [-0.2, -0.15) is 0 Å². The van der Waals surface area contributed by atoms with E-state index < -0.39 is 0 Å². The van der Waals surface area contributed by atoms with E-state index in [9.17, 15) is 0 Å². The first-order valence-corrected chi connectivity index (χ1v) is 6.79. The van der Waals surface area contributed by atoms with Crippen molar-refractivity contribution in [3.63, 3.8) is 0 Å². The highest BCUT2D eigenvalue weighted by Crippen LogP contribution is 2.35. The van der Waals surface area contributed by atoms with E-state index in [1.165, 1.54) is 20.5 Å². The van der Waals surface area contributed by atoms with Gasteiger partial charge in [-0.25, -0.2) is 0 Å². The first-order valence-electron chi connectivity index (χ1n) is 5.60. The molecule has 0 radical (unpaired) electrons. The lowest BCUT2D eigenvalue weighted by Gasteiger charge is -2.01. The molecule has 0 aliphatic rings. The zero-order valence-corrected chi connectivity index (χ0v) is 11.4. The van der Waals surface area contributed by atoms with Crippen molar-refractivity contribution in [2.75, 3.05) is 7.11 Å². The van der Waals surface area contributed by atoms with Crippen LogP contribution in [0.15, 0.2) is 48.5 Å². The van der Waals surface area contributed by atoms with Gasteiger partial charge >= 0.3 is 0 Å². The highest BCUT2D eigenvalue weighted by molar-refractivity contribution is 7.22. The van der Waals surface area contributed by atoms with Gasteiger partial charge in [-0.05, 0) is 47.3 Å². The number of hydrogen-bond acceptors (Lipinski definition) is 2. The van der Waals surface area contributed by atoms with Crippen LogP contribution in [0.25, 0.3) is 20.5 Å². The Bertz CT molecular complexity index is 703.